The lowest BCUT2D eigenvalue weighted by Crippen LogP contribution is -2.52. The molecule has 0 saturated carbocycles. The molecule has 3 heteroatoms. The maximum Gasteiger partial charge on any atom is 0.155 e. The molecule has 0 rings (SSSR count). The molecule has 0 radical (unpaired) electrons. The Bertz CT molecular complexity index is 210. The van der Waals surface area contributed by atoms with Gasteiger partial charge in [-0.2, -0.15) is 0 Å². The van der Waals surface area contributed by atoms with Crippen molar-refractivity contribution < 1.29 is 9.53 Å². The number of nitrogens with zero attached hydrogens (tertiary/aromatic N) is 1. The summed E-state index contributed by atoms with van der Waals surface area (Å²) in [6.07, 6.45) is 2.55. The van der Waals surface area contributed by atoms with Crippen LogP contribution in [0.1, 0.15) is 40.0 Å². The molecule has 96 valence electrons. The van der Waals surface area contributed by atoms with Crippen LogP contribution in [0.25, 0.3) is 0 Å². The average Bonchev–Trinajstić information content (AvgIpc) is 2.27. The SMILES string of the molecule is CCC(CC)(C(=O)C(C)CCOC)N(C)C. The Morgan fingerprint density at radius 2 is 1.81 bits per heavy atom. The molecule has 0 heterocycles. The fraction of sp³-hybridized carbons (Fsp3) is 0.923. The van der Waals surface area contributed by atoms with Gasteiger partial charge in [-0.1, -0.05) is 20.8 Å². The Balaban J connectivity index is 4.73. The fourth-order valence-electron chi connectivity index (χ4n) is 2.34. The molecule has 0 aliphatic heterocycles. The van der Waals surface area contributed by atoms with Crippen molar-refractivity contribution in [2.45, 2.75) is 45.6 Å². The third kappa shape index (κ3) is 3.29. The standard InChI is InChI=1S/C13H27NO2/c1-7-13(8-2,14(4)5)12(15)11(3)9-10-16-6/h11H,7-10H2,1-6H3. The van der Waals surface area contributed by atoms with E-state index >= 15 is 0 Å². The molecular formula is C13H27NO2. The highest BCUT2D eigenvalue weighted by Crippen LogP contribution is 2.27. The largest absolute Gasteiger partial charge is 0.385 e. The number of carbonyl (C=O) groups is 1. The molecule has 0 N–H and O–H groups in total. The number of likely N-dealkylation sites (N-methyl/N-ethyl adjacent to an activating group) is 1. The smallest absolute Gasteiger partial charge is 0.155 e. The van der Waals surface area contributed by atoms with Gasteiger partial charge in [0.25, 0.3) is 0 Å². The molecule has 0 fully saturated rings. The van der Waals surface area contributed by atoms with Crippen LogP contribution < -0.4 is 0 Å². The van der Waals surface area contributed by atoms with Gasteiger partial charge in [-0.3, -0.25) is 9.69 Å². The molecule has 0 aromatic rings. The molecule has 0 aliphatic rings. The summed E-state index contributed by atoms with van der Waals surface area (Å²) in [7, 11) is 5.66. The van der Waals surface area contributed by atoms with Crippen molar-refractivity contribution >= 4 is 5.78 Å². The summed E-state index contributed by atoms with van der Waals surface area (Å²) in [4.78, 5) is 14.5. The van der Waals surface area contributed by atoms with Crippen LogP contribution >= 0.6 is 0 Å². The Kier molecular flexibility index (Phi) is 6.84. The van der Waals surface area contributed by atoms with Gasteiger partial charge in [0.2, 0.25) is 0 Å². The number of hydrogen-bond donors (Lipinski definition) is 0. The number of Topliss-reactive ketones (excluding diaryl/α,β-unsaturated/α-hetero) is 1. The summed E-state index contributed by atoms with van der Waals surface area (Å²) in [6, 6.07) is 0. The summed E-state index contributed by atoms with van der Waals surface area (Å²) in [6.45, 7) is 6.84. The molecule has 16 heavy (non-hydrogen) atoms. The van der Waals surface area contributed by atoms with Crippen LogP contribution in [-0.4, -0.2) is 44.0 Å². The van der Waals surface area contributed by atoms with Gasteiger partial charge in [-0.05, 0) is 33.4 Å². The summed E-state index contributed by atoms with van der Waals surface area (Å²) in [5.74, 6) is 0.418. The zero-order valence-corrected chi connectivity index (χ0v) is 11.7. The number of hydrogen-bond acceptors (Lipinski definition) is 3. The van der Waals surface area contributed by atoms with E-state index in [4.69, 9.17) is 4.74 Å². The molecule has 0 aromatic heterocycles. The monoisotopic (exact) mass is 229 g/mol. The summed E-state index contributed by atoms with van der Waals surface area (Å²) < 4.78 is 5.04. The van der Waals surface area contributed by atoms with Gasteiger partial charge in [0, 0.05) is 19.6 Å². The van der Waals surface area contributed by atoms with E-state index in [1.807, 2.05) is 21.0 Å². The summed E-state index contributed by atoms with van der Waals surface area (Å²) in [5, 5.41) is 0. The first-order valence-electron chi connectivity index (χ1n) is 6.16. The van der Waals surface area contributed by atoms with Crippen molar-refractivity contribution in [3.05, 3.63) is 0 Å². The van der Waals surface area contributed by atoms with E-state index in [2.05, 4.69) is 18.7 Å². The first-order chi connectivity index (χ1) is 7.46. The van der Waals surface area contributed by atoms with E-state index in [9.17, 15) is 4.79 Å². The minimum absolute atomic E-state index is 0.0715. The van der Waals surface area contributed by atoms with E-state index in [1.54, 1.807) is 7.11 Å². The second-order valence-electron chi connectivity index (χ2n) is 4.68. The van der Waals surface area contributed by atoms with Crippen molar-refractivity contribution in [1.82, 2.24) is 4.90 Å². The number of ketones is 1. The average molecular weight is 229 g/mol. The summed E-state index contributed by atoms with van der Waals surface area (Å²) >= 11 is 0. The summed E-state index contributed by atoms with van der Waals surface area (Å²) in [5.41, 5.74) is -0.298. The predicted molar refractivity (Wildman–Crippen MR) is 67.7 cm³/mol. The number of rotatable bonds is 8. The zero-order valence-electron chi connectivity index (χ0n) is 11.7. The maximum absolute atomic E-state index is 12.5. The number of ether oxygens (including phenoxy) is 1. The van der Waals surface area contributed by atoms with Crippen molar-refractivity contribution in [3.63, 3.8) is 0 Å². The normalized spacial score (nSPS) is 14.2. The van der Waals surface area contributed by atoms with Gasteiger partial charge in [0.15, 0.2) is 5.78 Å². The first kappa shape index (κ1) is 15.6. The van der Waals surface area contributed by atoms with E-state index < -0.39 is 0 Å². The second-order valence-corrected chi connectivity index (χ2v) is 4.68. The van der Waals surface area contributed by atoms with E-state index in [0.717, 1.165) is 19.3 Å². The maximum atomic E-state index is 12.5. The topological polar surface area (TPSA) is 29.5 Å². The lowest BCUT2D eigenvalue weighted by molar-refractivity contribution is -0.134. The van der Waals surface area contributed by atoms with Crippen LogP contribution in [-0.2, 0) is 9.53 Å². The highest BCUT2D eigenvalue weighted by atomic mass is 16.5. The van der Waals surface area contributed by atoms with Gasteiger partial charge in [0.1, 0.15) is 0 Å². The van der Waals surface area contributed by atoms with Gasteiger partial charge in [-0.25, -0.2) is 0 Å². The van der Waals surface area contributed by atoms with Crippen LogP contribution in [0.3, 0.4) is 0 Å². The highest BCUT2D eigenvalue weighted by Gasteiger charge is 2.38. The zero-order chi connectivity index (χ0) is 12.8. The van der Waals surface area contributed by atoms with Crippen molar-refractivity contribution in [2.75, 3.05) is 27.8 Å². The third-order valence-electron chi connectivity index (χ3n) is 3.69. The van der Waals surface area contributed by atoms with Crippen LogP contribution in [0.2, 0.25) is 0 Å². The molecule has 0 spiro atoms. The Labute approximate surface area is 100 Å². The van der Waals surface area contributed by atoms with Crippen LogP contribution in [0.5, 0.6) is 0 Å². The Hall–Kier alpha value is -0.410. The second kappa shape index (κ2) is 7.02. The fourth-order valence-corrected chi connectivity index (χ4v) is 2.34. The molecule has 0 aliphatic carbocycles. The highest BCUT2D eigenvalue weighted by molar-refractivity contribution is 5.90. The van der Waals surface area contributed by atoms with Crippen molar-refractivity contribution in [3.8, 4) is 0 Å². The number of methoxy groups -OCH3 is 1. The molecule has 1 atom stereocenters. The minimum Gasteiger partial charge on any atom is -0.385 e. The molecule has 0 aromatic carbocycles. The third-order valence-corrected chi connectivity index (χ3v) is 3.69. The van der Waals surface area contributed by atoms with E-state index in [0.29, 0.717) is 12.4 Å². The Morgan fingerprint density at radius 3 is 2.12 bits per heavy atom. The molecule has 0 amide bonds. The number of carbonyl (C=O) groups excluding carboxylic acids is 1. The van der Waals surface area contributed by atoms with Gasteiger partial charge >= 0.3 is 0 Å². The minimum atomic E-state index is -0.298. The van der Waals surface area contributed by atoms with Crippen molar-refractivity contribution in [1.29, 1.82) is 0 Å². The quantitative estimate of drug-likeness (QED) is 0.640. The molecule has 0 bridgehead atoms. The van der Waals surface area contributed by atoms with Crippen molar-refractivity contribution in [2.24, 2.45) is 5.92 Å². The molecule has 1 unspecified atom stereocenters. The first-order valence-corrected chi connectivity index (χ1v) is 6.16. The molecule has 3 nitrogen and oxygen atoms in total. The van der Waals surface area contributed by atoms with Gasteiger partial charge in [0.05, 0.1) is 5.54 Å². The van der Waals surface area contributed by atoms with Gasteiger partial charge < -0.3 is 4.74 Å². The van der Waals surface area contributed by atoms with Crippen LogP contribution in [0.4, 0.5) is 0 Å². The van der Waals surface area contributed by atoms with E-state index in [-0.39, 0.29) is 11.5 Å². The molecule has 0 saturated heterocycles. The van der Waals surface area contributed by atoms with Crippen LogP contribution in [0, 0.1) is 5.92 Å². The van der Waals surface area contributed by atoms with Gasteiger partial charge in [-0.15, -0.1) is 0 Å². The predicted octanol–water partition coefficient (Wildman–Crippen LogP) is 2.35. The Morgan fingerprint density at radius 1 is 1.31 bits per heavy atom. The van der Waals surface area contributed by atoms with E-state index in [1.165, 1.54) is 0 Å². The lowest BCUT2D eigenvalue weighted by Gasteiger charge is -2.39. The molecular weight excluding hydrogens is 202 g/mol. The van der Waals surface area contributed by atoms with Crippen LogP contribution in [0.15, 0.2) is 0 Å². The lowest BCUT2D eigenvalue weighted by atomic mass is 9.80.